The first kappa shape index (κ1) is 14.4. The zero-order valence-electron chi connectivity index (χ0n) is 10.4. The van der Waals surface area contributed by atoms with Crippen LogP contribution in [0.3, 0.4) is 0 Å². The maximum atomic E-state index is 13.1. The standard InChI is InChI=1S/C13H12F3NO3/c14-9-4-8(5-10(15)11(9)16)12(18)17-3-1-2-7(6-17)13(19)20/h4-5,7H,1-3,6H2,(H,19,20)/t7-/m0/s1. The van der Waals surface area contributed by atoms with Crippen LogP contribution in [-0.4, -0.2) is 35.0 Å². The first-order chi connectivity index (χ1) is 9.40. The Balaban J connectivity index is 2.21. The molecule has 0 aromatic heterocycles. The minimum Gasteiger partial charge on any atom is -0.481 e. The Morgan fingerprint density at radius 3 is 2.35 bits per heavy atom. The highest BCUT2D eigenvalue weighted by Crippen LogP contribution is 2.20. The number of amides is 1. The van der Waals surface area contributed by atoms with E-state index in [9.17, 15) is 22.8 Å². The highest BCUT2D eigenvalue weighted by Gasteiger charge is 2.29. The zero-order valence-corrected chi connectivity index (χ0v) is 10.4. The van der Waals surface area contributed by atoms with E-state index in [0.717, 1.165) is 0 Å². The van der Waals surface area contributed by atoms with Gasteiger partial charge in [-0.05, 0) is 25.0 Å². The van der Waals surface area contributed by atoms with Gasteiger partial charge in [-0.3, -0.25) is 9.59 Å². The fraction of sp³-hybridized carbons (Fsp3) is 0.385. The summed E-state index contributed by atoms with van der Waals surface area (Å²) in [5.74, 6) is -6.93. The third-order valence-corrected chi connectivity index (χ3v) is 3.29. The van der Waals surface area contributed by atoms with Crippen molar-refractivity contribution in [1.29, 1.82) is 0 Å². The van der Waals surface area contributed by atoms with Gasteiger partial charge in [0.2, 0.25) is 0 Å². The van der Waals surface area contributed by atoms with Crippen molar-refractivity contribution in [2.45, 2.75) is 12.8 Å². The minimum absolute atomic E-state index is 0.0191. The molecule has 1 aliphatic rings. The minimum atomic E-state index is -1.64. The van der Waals surface area contributed by atoms with Crippen LogP contribution in [0.5, 0.6) is 0 Å². The van der Waals surface area contributed by atoms with Crippen molar-refractivity contribution in [2.24, 2.45) is 5.92 Å². The fourth-order valence-corrected chi connectivity index (χ4v) is 2.22. The third kappa shape index (κ3) is 2.76. The summed E-state index contributed by atoms with van der Waals surface area (Å²) in [5.41, 5.74) is -0.326. The Morgan fingerprint density at radius 1 is 1.20 bits per heavy atom. The lowest BCUT2D eigenvalue weighted by Crippen LogP contribution is -2.42. The van der Waals surface area contributed by atoms with E-state index in [1.54, 1.807) is 0 Å². The number of carbonyl (C=O) groups is 2. The predicted molar refractivity (Wildman–Crippen MR) is 62.6 cm³/mol. The number of piperidine rings is 1. The lowest BCUT2D eigenvalue weighted by molar-refractivity contribution is -0.143. The first-order valence-electron chi connectivity index (χ1n) is 6.06. The van der Waals surface area contributed by atoms with Crippen molar-refractivity contribution in [2.75, 3.05) is 13.1 Å². The fourth-order valence-electron chi connectivity index (χ4n) is 2.22. The van der Waals surface area contributed by atoms with Gasteiger partial charge in [0.15, 0.2) is 17.5 Å². The van der Waals surface area contributed by atoms with Crippen molar-refractivity contribution in [3.63, 3.8) is 0 Å². The van der Waals surface area contributed by atoms with Crippen LogP contribution >= 0.6 is 0 Å². The second kappa shape index (κ2) is 5.52. The highest BCUT2D eigenvalue weighted by atomic mass is 19.2. The van der Waals surface area contributed by atoms with Gasteiger partial charge < -0.3 is 10.0 Å². The van der Waals surface area contributed by atoms with Crippen molar-refractivity contribution < 1.29 is 27.9 Å². The lowest BCUT2D eigenvalue weighted by atomic mass is 9.97. The summed E-state index contributed by atoms with van der Waals surface area (Å²) in [6.07, 6.45) is 0.945. The molecule has 1 aromatic carbocycles. The second-order valence-corrected chi connectivity index (χ2v) is 4.68. The molecule has 1 aliphatic heterocycles. The number of carboxylic acids is 1. The van der Waals surface area contributed by atoms with Crippen LogP contribution in [0.15, 0.2) is 12.1 Å². The molecule has 2 rings (SSSR count). The molecule has 1 N–H and O–H groups in total. The van der Waals surface area contributed by atoms with Crippen LogP contribution in [0.25, 0.3) is 0 Å². The lowest BCUT2D eigenvalue weighted by Gasteiger charge is -2.30. The largest absolute Gasteiger partial charge is 0.481 e. The number of rotatable bonds is 2. The zero-order chi connectivity index (χ0) is 14.9. The monoisotopic (exact) mass is 287 g/mol. The Hall–Kier alpha value is -2.05. The Labute approximate surface area is 112 Å². The van der Waals surface area contributed by atoms with Crippen LogP contribution in [0.2, 0.25) is 0 Å². The molecule has 1 amide bonds. The molecule has 4 nitrogen and oxygen atoms in total. The molecule has 1 atom stereocenters. The van der Waals surface area contributed by atoms with Gasteiger partial charge in [-0.1, -0.05) is 0 Å². The smallest absolute Gasteiger partial charge is 0.308 e. The number of halogens is 3. The van der Waals surface area contributed by atoms with E-state index >= 15 is 0 Å². The highest BCUT2D eigenvalue weighted by molar-refractivity contribution is 5.94. The van der Waals surface area contributed by atoms with E-state index in [-0.39, 0.29) is 12.1 Å². The number of nitrogens with zero attached hydrogens (tertiary/aromatic N) is 1. The number of hydrogen-bond donors (Lipinski definition) is 1. The summed E-state index contributed by atoms with van der Waals surface area (Å²) in [6, 6.07) is 1.23. The van der Waals surface area contributed by atoms with Crippen LogP contribution in [0, 0.1) is 23.4 Å². The predicted octanol–water partition coefficient (Wildman–Crippen LogP) is 2.04. The van der Waals surface area contributed by atoms with E-state index in [1.165, 1.54) is 4.90 Å². The maximum absolute atomic E-state index is 13.1. The molecule has 0 spiro atoms. The molecule has 1 fully saturated rings. The van der Waals surface area contributed by atoms with Crippen molar-refractivity contribution in [1.82, 2.24) is 4.90 Å². The molecule has 0 aliphatic carbocycles. The summed E-state index contributed by atoms with van der Waals surface area (Å²) < 4.78 is 39.0. The molecule has 1 aromatic rings. The maximum Gasteiger partial charge on any atom is 0.308 e. The van der Waals surface area contributed by atoms with Crippen molar-refractivity contribution in [3.05, 3.63) is 35.1 Å². The van der Waals surface area contributed by atoms with Crippen LogP contribution in [-0.2, 0) is 4.79 Å². The van der Waals surface area contributed by atoms with Crippen LogP contribution in [0.4, 0.5) is 13.2 Å². The van der Waals surface area contributed by atoms with Gasteiger partial charge >= 0.3 is 5.97 Å². The molecule has 0 unspecified atom stereocenters. The van der Waals surface area contributed by atoms with E-state index in [0.29, 0.717) is 31.5 Å². The molecule has 20 heavy (non-hydrogen) atoms. The van der Waals surface area contributed by atoms with E-state index in [4.69, 9.17) is 5.11 Å². The second-order valence-electron chi connectivity index (χ2n) is 4.68. The first-order valence-corrected chi connectivity index (χ1v) is 6.06. The van der Waals surface area contributed by atoms with Gasteiger partial charge in [0, 0.05) is 18.7 Å². The number of likely N-dealkylation sites (tertiary alicyclic amines) is 1. The van der Waals surface area contributed by atoms with E-state index < -0.39 is 35.2 Å². The molecular weight excluding hydrogens is 275 g/mol. The van der Waals surface area contributed by atoms with Gasteiger partial charge in [0.25, 0.3) is 5.91 Å². The van der Waals surface area contributed by atoms with Gasteiger partial charge in [-0.25, -0.2) is 13.2 Å². The third-order valence-electron chi connectivity index (χ3n) is 3.29. The molecule has 1 heterocycles. The van der Waals surface area contributed by atoms with Crippen molar-refractivity contribution in [3.8, 4) is 0 Å². The Morgan fingerprint density at radius 2 is 1.80 bits per heavy atom. The molecule has 108 valence electrons. The molecular formula is C13H12F3NO3. The number of aliphatic carboxylic acids is 1. The van der Waals surface area contributed by atoms with Crippen LogP contribution < -0.4 is 0 Å². The Kier molecular flexibility index (Phi) is 3.96. The molecule has 1 saturated heterocycles. The summed E-state index contributed by atoms with van der Waals surface area (Å²) in [6.45, 7) is 0.290. The van der Waals surface area contributed by atoms with Crippen LogP contribution in [0.1, 0.15) is 23.2 Å². The average molecular weight is 287 g/mol. The van der Waals surface area contributed by atoms with Gasteiger partial charge in [0.1, 0.15) is 0 Å². The SMILES string of the molecule is O=C(O)[C@H]1CCCN(C(=O)c2cc(F)c(F)c(F)c2)C1. The number of carbonyl (C=O) groups excluding carboxylic acids is 1. The molecule has 0 radical (unpaired) electrons. The average Bonchev–Trinajstić information content (AvgIpc) is 2.43. The Bertz CT molecular complexity index is 539. The molecule has 7 heteroatoms. The van der Waals surface area contributed by atoms with E-state index in [2.05, 4.69) is 0 Å². The summed E-state index contributed by atoms with van der Waals surface area (Å²) in [5, 5.41) is 8.93. The summed E-state index contributed by atoms with van der Waals surface area (Å²) >= 11 is 0. The number of hydrogen-bond acceptors (Lipinski definition) is 2. The van der Waals surface area contributed by atoms with Gasteiger partial charge in [0.05, 0.1) is 5.92 Å². The summed E-state index contributed by atoms with van der Waals surface area (Å²) in [7, 11) is 0. The number of carboxylic acid groups (broad SMARTS) is 1. The molecule has 0 saturated carbocycles. The van der Waals surface area contributed by atoms with Crippen molar-refractivity contribution >= 4 is 11.9 Å². The molecule has 0 bridgehead atoms. The van der Waals surface area contributed by atoms with Gasteiger partial charge in [-0.2, -0.15) is 0 Å². The summed E-state index contributed by atoms with van der Waals surface area (Å²) in [4.78, 5) is 24.2. The normalized spacial score (nSPS) is 18.9. The van der Waals surface area contributed by atoms with Gasteiger partial charge in [-0.15, -0.1) is 0 Å². The quantitative estimate of drug-likeness (QED) is 0.847. The van der Waals surface area contributed by atoms with E-state index in [1.807, 2.05) is 0 Å². The number of benzene rings is 1. The topological polar surface area (TPSA) is 57.6 Å².